The Morgan fingerprint density at radius 1 is 1.44 bits per heavy atom. The molecule has 0 saturated heterocycles. The van der Waals surface area contributed by atoms with Crippen molar-refractivity contribution in [2.24, 2.45) is 0 Å². The zero-order valence-electron chi connectivity index (χ0n) is 10.0. The van der Waals surface area contributed by atoms with Gasteiger partial charge in [-0.3, -0.25) is 9.59 Å². The maximum atomic E-state index is 12.1. The van der Waals surface area contributed by atoms with Gasteiger partial charge in [-0.2, -0.15) is 0 Å². The minimum absolute atomic E-state index is 0.141. The summed E-state index contributed by atoms with van der Waals surface area (Å²) in [6.45, 7) is 1.66. The van der Waals surface area contributed by atoms with Crippen LogP contribution in [0.2, 0.25) is 0 Å². The molecular weight excluding hydrogens is 232 g/mol. The van der Waals surface area contributed by atoms with Gasteiger partial charge < -0.3 is 15.4 Å². The van der Waals surface area contributed by atoms with Crippen molar-refractivity contribution in [2.75, 3.05) is 5.32 Å². The van der Waals surface area contributed by atoms with Crippen molar-refractivity contribution < 1.29 is 14.3 Å². The highest BCUT2D eigenvalue weighted by molar-refractivity contribution is 6.04. The number of carbonyl (C=O) groups excluding carboxylic acids is 2. The zero-order valence-corrected chi connectivity index (χ0v) is 10.0. The lowest BCUT2D eigenvalue weighted by molar-refractivity contribution is -0.122. The molecule has 2 N–H and O–H groups in total. The van der Waals surface area contributed by atoms with Gasteiger partial charge in [0.1, 0.15) is 0 Å². The van der Waals surface area contributed by atoms with Crippen molar-refractivity contribution in [3.8, 4) is 5.75 Å². The topological polar surface area (TPSA) is 67.4 Å². The summed E-state index contributed by atoms with van der Waals surface area (Å²) in [4.78, 5) is 23.5. The molecule has 0 radical (unpaired) electrons. The molecule has 2 aliphatic rings. The van der Waals surface area contributed by atoms with Gasteiger partial charge >= 0.3 is 0 Å². The maximum Gasteiger partial charge on any atom is 0.265 e. The van der Waals surface area contributed by atoms with Gasteiger partial charge in [0, 0.05) is 6.04 Å². The Labute approximate surface area is 105 Å². The van der Waals surface area contributed by atoms with Gasteiger partial charge in [-0.15, -0.1) is 0 Å². The van der Waals surface area contributed by atoms with Crippen LogP contribution in [0.1, 0.15) is 30.1 Å². The molecule has 18 heavy (non-hydrogen) atoms. The predicted molar refractivity (Wildman–Crippen MR) is 65.6 cm³/mol. The van der Waals surface area contributed by atoms with E-state index in [2.05, 4.69) is 10.6 Å². The summed E-state index contributed by atoms with van der Waals surface area (Å²) in [6, 6.07) is 5.47. The number of para-hydroxylation sites is 1. The molecule has 5 heteroatoms. The fraction of sp³-hybridized carbons (Fsp3) is 0.385. The molecule has 0 bridgehead atoms. The van der Waals surface area contributed by atoms with Crippen LogP contribution in [0.15, 0.2) is 18.2 Å². The van der Waals surface area contributed by atoms with Crippen LogP contribution >= 0.6 is 0 Å². The van der Waals surface area contributed by atoms with Crippen molar-refractivity contribution in [1.82, 2.24) is 5.32 Å². The molecule has 1 aliphatic heterocycles. The second-order valence-electron chi connectivity index (χ2n) is 4.68. The molecule has 5 nitrogen and oxygen atoms in total. The van der Waals surface area contributed by atoms with E-state index in [-0.39, 0.29) is 11.8 Å². The molecule has 1 aliphatic carbocycles. The smallest absolute Gasteiger partial charge is 0.265 e. The zero-order chi connectivity index (χ0) is 12.7. The lowest BCUT2D eigenvalue weighted by Crippen LogP contribution is -2.36. The van der Waals surface area contributed by atoms with E-state index in [1.165, 1.54) is 0 Å². The first kappa shape index (κ1) is 11.1. The summed E-state index contributed by atoms with van der Waals surface area (Å²) in [5.74, 6) is 0.128. The van der Waals surface area contributed by atoms with Crippen molar-refractivity contribution in [3.05, 3.63) is 23.8 Å². The largest absolute Gasteiger partial charge is 0.478 e. The van der Waals surface area contributed by atoms with Gasteiger partial charge in [0.2, 0.25) is 0 Å². The van der Waals surface area contributed by atoms with Crippen LogP contribution in [0.5, 0.6) is 5.75 Å². The number of anilines is 1. The third-order valence-electron chi connectivity index (χ3n) is 3.09. The molecule has 0 aromatic heterocycles. The Kier molecular flexibility index (Phi) is 2.47. The first-order valence-electron chi connectivity index (χ1n) is 6.06. The highest BCUT2D eigenvalue weighted by atomic mass is 16.5. The van der Waals surface area contributed by atoms with Crippen LogP contribution in [0.3, 0.4) is 0 Å². The normalized spacial score (nSPS) is 21.6. The van der Waals surface area contributed by atoms with Gasteiger partial charge in [0.15, 0.2) is 11.9 Å². The van der Waals surface area contributed by atoms with Gasteiger partial charge in [0.25, 0.3) is 11.8 Å². The van der Waals surface area contributed by atoms with E-state index < -0.39 is 6.10 Å². The fourth-order valence-electron chi connectivity index (χ4n) is 1.90. The van der Waals surface area contributed by atoms with Crippen molar-refractivity contribution in [2.45, 2.75) is 31.9 Å². The van der Waals surface area contributed by atoms with E-state index in [1.807, 2.05) is 0 Å². The highest BCUT2D eigenvalue weighted by Crippen LogP contribution is 2.33. The molecule has 1 atom stereocenters. The summed E-state index contributed by atoms with van der Waals surface area (Å²) in [5.41, 5.74) is 1.03. The number of rotatable bonds is 2. The summed E-state index contributed by atoms with van der Waals surface area (Å²) in [5, 5.41) is 5.64. The Balaban J connectivity index is 1.93. The summed E-state index contributed by atoms with van der Waals surface area (Å²) in [6.07, 6.45) is 1.50. The van der Waals surface area contributed by atoms with E-state index in [4.69, 9.17) is 4.74 Å². The molecule has 0 spiro atoms. The van der Waals surface area contributed by atoms with Gasteiger partial charge in [-0.1, -0.05) is 6.07 Å². The maximum absolute atomic E-state index is 12.1. The second kappa shape index (κ2) is 4.01. The highest BCUT2D eigenvalue weighted by Gasteiger charge is 2.30. The molecule has 94 valence electrons. The van der Waals surface area contributed by atoms with Crippen LogP contribution in [-0.4, -0.2) is 24.0 Å². The molecule has 1 aromatic carbocycles. The van der Waals surface area contributed by atoms with Crippen LogP contribution in [0.25, 0.3) is 0 Å². The van der Waals surface area contributed by atoms with E-state index in [9.17, 15) is 9.59 Å². The van der Waals surface area contributed by atoms with E-state index >= 15 is 0 Å². The number of amides is 2. The van der Waals surface area contributed by atoms with Crippen LogP contribution in [0.4, 0.5) is 5.69 Å². The average molecular weight is 246 g/mol. The summed E-state index contributed by atoms with van der Waals surface area (Å²) in [7, 11) is 0. The van der Waals surface area contributed by atoms with Gasteiger partial charge in [0.05, 0.1) is 11.3 Å². The Bertz CT molecular complexity index is 523. The molecule has 1 fully saturated rings. The SMILES string of the molecule is CC1Oc2c(cccc2C(=O)NC2CC2)NC1=O. The molecule has 2 amide bonds. The first-order chi connectivity index (χ1) is 8.65. The Morgan fingerprint density at radius 3 is 2.94 bits per heavy atom. The van der Waals surface area contributed by atoms with Crippen LogP contribution < -0.4 is 15.4 Å². The van der Waals surface area contributed by atoms with Crippen LogP contribution in [-0.2, 0) is 4.79 Å². The number of nitrogens with one attached hydrogen (secondary N) is 2. The number of fused-ring (bicyclic) bond motifs is 1. The minimum atomic E-state index is -0.577. The third kappa shape index (κ3) is 1.92. The number of hydrogen-bond donors (Lipinski definition) is 2. The quantitative estimate of drug-likeness (QED) is 0.826. The number of carbonyl (C=O) groups is 2. The molecule has 1 saturated carbocycles. The van der Waals surface area contributed by atoms with E-state index in [0.717, 1.165) is 12.8 Å². The summed E-state index contributed by atoms with van der Waals surface area (Å²) < 4.78 is 5.53. The van der Waals surface area contributed by atoms with Crippen molar-refractivity contribution in [3.63, 3.8) is 0 Å². The minimum Gasteiger partial charge on any atom is -0.478 e. The summed E-state index contributed by atoms with van der Waals surface area (Å²) >= 11 is 0. The lowest BCUT2D eigenvalue weighted by atomic mass is 10.1. The third-order valence-corrected chi connectivity index (χ3v) is 3.09. The molecular formula is C13H14N2O3. The average Bonchev–Trinajstić information content (AvgIpc) is 3.13. The molecule has 3 rings (SSSR count). The Hall–Kier alpha value is -2.04. The van der Waals surface area contributed by atoms with E-state index in [1.54, 1.807) is 25.1 Å². The molecule has 1 unspecified atom stereocenters. The van der Waals surface area contributed by atoms with E-state index in [0.29, 0.717) is 23.0 Å². The first-order valence-corrected chi connectivity index (χ1v) is 6.06. The van der Waals surface area contributed by atoms with Crippen molar-refractivity contribution in [1.29, 1.82) is 0 Å². The number of ether oxygens (including phenoxy) is 1. The fourth-order valence-corrected chi connectivity index (χ4v) is 1.90. The standard InChI is InChI=1S/C13H14N2O3/c1-7-12(16)15-10-4-2-3-9(11(10)18-7)13(17)14-8-5-6-8/h2-4,7-8H,5-6H2,1H3,(H,14,17)(H,15,16). The van der Waals surface area contributed by atoms with Crippen LogP contribution in [0, 0.1) is 0 Å². The monoisotopic (exact) mass is 246 g/mol. The number of benzene rings is 1. The predicted octanol–water partition coefficient (Wildman–Crippen LogP) is 1.30. The van der Waals surface area contributed by atoms with Gasteiger partial charge in [-0.05, 0) is 31.9 Å². The molecule has 1 aromatic rings. The molecule has 1 heterocycles. The second-order valence-corrected chi connectivity index (χ2v) is 4.68. The van der Waals surface area contributed by atoms with Crippen molar-refractivity contribution >= 4 is 17.5 Å². The lowest BCUT2D eigenvalue weighted by Gasteiger charge is -2.25. The Morgan fingerprint density at radius 2 is 2.22 bits per heavy atom. The number of hydrogen-bond acceptors (Lipinski definition) is 3. The van der Waals surface area contributed by atoms with Gasteiger partial charge in [-0.25, -0.2) is 0 Å².